The fourth-order valence-electron chi connectivity index (χ4n) is 4.60. The van der Waals surface area contributed by atoms with E-state index in [0.717, 1.165) is 48.4 Å². The zero-order chi connectivity index (χ0) is 20.0. The van der Waals surface area contributed by atoms with Crippen LogP contribution in [-0.2, 0) is 0 Å². The Labute approximate surface area is 174 Å². The first-order valence-electron chi connectivity index (χ1n) is 10.2. The van der Waals surface area contributed by atoms with Crippen LogP contribution in [0.2, 0.25) is 0 Å². The van der Waals surface area contributed by atoms with Gasteiger partial charge in [0, 0.05) is 28.8 Å². The van der Waals surface area contributed by atoms with E-state index in [0.29, 0.717) is 23.2 Å². The normalized spacial score (nSPS) is 19.3. The van der Waals surface area contributed by atoms with Gasteiger partial charge in [0.2, 0.25) is 0 Å². The summed E-state index contributed by atoms with van der Waals surface area (Å²) in [6.07, 6.45) is 5.01. The lowest BCUT2D eigenvalue weighted by molar-refractivity contribution is 0.0549. The van der Waals surface area contributed by atoms with E-state index in [1.54, 1.807) is 34.9 Å². The third-order valence-corrected chi connectivity index (χ3v) is 7.12. The van der Waals surface area contributed by atoms with Crippen molar-refractivity contribution in [1.29, 1.82) is 0 Å². The Balaban J connectivity index is 1.45. The van der Waals surface area contributed by atoms with E-state index in [1.165, 1.54) is 4.90 Å². The van der Waals surface area contributed by atoms with Crippen LogP contribution in [0.15, 0.2) is 47.4 Å². The summed E-state index contributed by atoms with van der Waals surface area (Å²) >= 11 is 1.74. The van der Waals surface area contributed by atoms with E-state index in [-0.39, 0.29) is 23.8 Å². The van der Waals surface area contributed by atoms with E-state index in [1.807, 2.05) is 24.3 Å². The van der Waals surface area contributed by atoms with Crippen LogP contribution < -0.4 is 4.90 Å². The van der Waals surface area contributed by atoms with E-state index in [2.05, 4.69) is 0 Å². The number of benzene rings is 2. The molecule has 1 aliphatic carbocycles. The van der Waals surface area contributed by atoms with Crippen molar-refractivity contribution in [3.8, 4) is 0 Å². The smallest absolute Gasteiger partial charge is 0.261 e. The van der Waals surface area contributed by atoms with E-state index < -0.39 is 0 Å². The van der Waals surface area contributed by atoms with E-state index in [9.17, 15) is 14.4 Å². The molecule has 2 aliphatic heterocycles. The molecule has 29 heavy (non-hydrogen) atoms. The van der Waals surface area contributed by atoms with Gasteiger partial charge in [0.25, 0.3) is 17.7 Å². The number of carbonyl (C=O) groups is 3. The maximum Gasteiger partial charge on any atom is 0.261 e. The number of anilines is 1. The molecule has 2 heterocycles. The Kier molecular flexibility index (Phi) is 4.66. The highest BCUT2D eigenvalue weighted by Crippen LogP contribution is 2.36. The Morgan fingerprint density at radius 1 is 0.931 bits per heavy atom. The average Bonchev–Trinajstić information content (AvgIpc) is 3.03. The molecule has 2 aromatic carbocycles. The number of fused-ring (bicyclic) bond motifs is 2. The summed E-state index contributed by atoms with van der Waals surface area (Å²) in [7, 11) is 0. The highest BCUT2D eigenvalue weighted by atomic mass is 32.2. The van der Waals surface area contributed by atoms with Crippen molar-refractivity contribution in [2.24, 2.45) is 0 Å². The molecule has 5 nitrogen and oxygen atoms in total. The maximum absolute atomic E-state index is 13.2. The summed E-state index contributed by atoms with van der Waals surface area (Å²) in [6, 6.07) is 12.8. The number of hydrogen-bond donors (Lipinski definition) is 0. The lowest BCUT2D eigenvalue weighted by atomic mass is 9.94. The maximum atomic E-state index is 13.2. The highest BCUT2D eigenvalue weighted by Gasteiger charge is 2.40. The number of amides is 3. The standard InChI is InChI=1S/C23H22N2O3S/c26-21(24-12-13-29-20-9-5-4-8-19(20)24)15-10-11-17-18(14-15)23(28)25(22(17)27)16-6-2-1-3-7-16/h4-5,8-11,14,16H,1-3,6-7,12-13H2. The van der Waals surface area contributed by atoms with Gasteiger partial charge in [-0.2, -0.15) is 0 Å². The summed E-state index contributed by atoms with van der Waals surface area (Å²) in [5, 5.41) is 0. The highest BCUT2D eigenvalue weighted by molar-refractivity contribution is 7.99. The zero-order valence-corrected chi connectivity index (χ0v) is 16.9. The van der Waals surface area contributed by atoms with Crippen molar-refractivity contribution in [3.05, 3.63) is 59.2 Å². The molecule has 2 aromatic rings. The fourth-order valence-corrected chi connectivity index (χ4v) is 5.59. The Morgan fingerprint density at radius 3 is 2.52 bits per heavy atom. The van der Waals surface area contributed by atoms with Crippen LogP contribution >= 0.6 is 11.8 Å². The minimum atomic E-state index is -0.249. The number of thioether (sulfide) groups is 1. The van der Waals surface area contributed by atoms with Gasteiger partial charge in [-0.05, 0) is 43.2 Å². The summed E-state index contributed by atoms with van der Waals surface area (Å²) in [5.74, 6) is 0.245. The molecule has 0 N–H and O–H groups in total. The number of nitrogens with zero attached hydrogens (tertiary/aromatic N) is 2. The number of hydrogen-bond acceptors (Lipinski definition) is 4. The fraction of sp³-hybridized carbons (Fsp3) is 0.348. The Morgan fingerprint density at radius 2 is 1.69 bits per heavy atom. The summed E-state index contributed by atoms with van der Waals surface area (Å²) < 4.78 is 0. The van der Waals surface area contributed by atoms with Gasteiger partial charge in [0.1, 0.15) is 0 Å². The monoisotopic (exact) mass is 406 g/mol. The predicted octanol–water partition coefficient (Wildman–Crippen LogP) is 4.37. The van der Waals surface area contributed by atoms with Crippen LogP contribution in [0.5, 0.6) is 0 Å². The molecule has 6 heteroatoms. The third-order valence-electron chi connectivity index (χ3n) is 6.08. The Hall–Kier alpha value is -2.60. The molecule has 0 radical (unpaired) electrons. The topological polar surface area (TPSA) is 57.7 Å². The lowest BCUT2D eigenvalue weighted by Gasteiger charge is -2.29. The van der Waals surface area contributed by atoms with Gasteiger partial charge in [0.15, 0.2) is 0 Å². The van der Waals surface area contributed by atoms with Crippen LogP contribution in [0.4, 0.5) is 5.69 Å². The van der Waals surface area contributed by atoms with Gasteiger partial charge in [0.05, 0.1) is 16.8 Å². The molecule has 3 amide bonds. The molecule has 1 saturated carbocycles. The number of carbonyl (C=O) groups excluding carboxylic acids is 3. The van der Waals surface area contributed by atoms with Crippen molar-refractivity contribution in [3.63, 3.8) is 0 Å². The number of rotatable bonds is 2. The molecule has 0 aromatic heterocycles. The van der Waals surface area contributed by atoms with E-state index >= 15 is 0 Å². The number of imide groups is 1. The molecule has 0 saturated heterocycles. The molecule has 0 spiro atoms. The molecular formula is C23H22N2O3S. The van der Waals surface area contributed by atoms with Crippen LogP contribution in [0.1, 0.15) is 63.2 Å². The van der Waals surface area contributed by atoms with Gasteiger partial charge in [-0.25, -0.2) is 0 Å². The van der Waals surface area contributed by atoms with Crippen molar-refractivity contribution in [2.75, 3.05) is 17.2 Å². The molecule has 0 atom stereocenters. The average molecular weight is 407 g/mol. The van der Waals surface area contributed by atoms with Crippen molar-refractivity contribution < 1.29 is 14.4 Å². The molecule has 0 unspecified atom stereocenters. The zero-order valence-electron chi connectivity index (χ0n) is 16.1. The predicted molar refractivity (Wildman–Crippen MR) is 113 cm³/mol. The molecular weight excluding hydrogens is 384 g/mol. The SMILES string of the molecule is O=C(c1ccc2c(c1)C(=O)N(C1CCCCC1)C2=O)N1CCSc2ccccc21. The minimum Gasteiger partial charge on any atom is -0.306 e. The quantitative estimate of drug-likeness (QED) is 0.695. The summed E-state index contributed by atoms with van der Waals surface area (Å²) in [5.41, 5.74) is 2.15. The lowest BCUT2D eigenvalue weighted by Crippen LogP contribution is -2.40. The summed E-state index contributed by atoms with van der Waals surface area (Å²) in [6.45, 7) is 0.624. The minimum absolute atomic E-state index is 0.0127. The second-order valence-electron chi connectivity index (χ2n) is 7.81. The van der Waals surface area contributed by atoms with Crippen molar-refractivity contribution >= 4 is 35.2 Å². The second kappa shape index (κ2) is 7.34. The van der Waals surface area contributed by atoms with Gasteiger partial charge in [-0.15, -0.1) is 11.8 Å². The van der Waals surface area contributed by atoms with Gasteiger partial charge in [-0.1, -0.05) is 31.4 Å². The molecule has 1 fully saturated rings. The van der Waals surface area contributed by atoms with E-state index in [4.69, 9.17) is 0 Å². The Bertz CT molecular complexity index is 1010. The van der Waals surface area contributed by atoms with Crippen LogP contribution in [0, 0.1) is 0 Å². The molecule has 3 aliphatic rings. The number of para-hydroxylation sites is 1. The van der Waals surface area contributed by atoms with Crippen LogP contribution in [0.25, 0.3) is 0 Å². The third kappa shape index (κ3) is 3.06. The molecule has 5 rings (SSSR count). The second-order valence-corrected chi connectivity index (χ2v) is 8.94. The first kappa shape index (κ1) is 18.4. The summed E-state index contributed by atoms with van der Waals surface area (Å²) in [4.78, 5) is 43.4. The van der Waals surface area contributed by atoms with Gasteiger partial charge < -0.3 is 4.90 Å². The van der Waals surface area contributed by atoms with Gasteiger partial charge in [-0.3, -0.25) is 19.3 Å². The first-order valence-corrected chi connectivity index (χ1v) is 11.2. The largest absolute Gasteiger partial charge is 0.306 e. The van der Waals surface area contributed by atoms with Crippen LogP contribution in [-0.4, -0.2) is 41.0 Å². The van der Waals surface area contributed by atoms with Crippen molar-refractivity contribution in [2.45, 2.75) is 43.0 Å². The van der Waals surface area contributed by atoms with Crippen LogP contribution in [0.3, 0.4) is 0 Å². The van der Waals surface area contributed by atoms with Gasteiger partial charge >= 0.3 is 0 Å². The molecule has 148 valence electrons. The first-order chi connectivity index (χ1) is 14.1. The van der Waals surface area contributed by atoms with Crippen molar-refractivity contribution in [1.82, 2.24) is 4.90 Å². The molecule has 0 bridgehead atoms.